The van der Waals surface area contributed by atoms with Crippen LogP contribution in [0, 0.1) is 0 Å². The number of likely N-dealkylation sites (N-methyl/N-ethyl adjacent to an activating group) is 1. The summed E-state index contributed by atoms with van der Waals surface area (Å²) in [5.74, 6) is 0.170. The zero-order chi connectivity index (χ0) is 14.5. The second-order valence-electron chi connectivity index (χ2n) is 5.99. The first-order valence-electron chi connectivity index (χ1n) is 6.77. The topological polar surface area (TPSA) is 64.7 Å². The predicted molar refractivity (Wildman–Crippen MR) is 74.8 cm³/mol. The Hall–Kier alpha value is -1.14. The Kier molecular flexibility index (Phi) is 5.75. The Morgan fingerprint density at radius 2 is 1.68 bits per heavy atom. The molecule has 6 heteroatoms. The summed E-state index contributed by atoms with van der Waals surface area (Å²) in [5.41, 5.74) is -0.193. The summed E-state index contributed by atoms with van der Waals surface area (Å²) < 4.78 is 0. The van der Waals surface area contributed by atoms with E-state index in [9.17, 15) is 9.59 Å². The van der Waals surface area contributed by atoms with Gasteiger partial charge in [0.15, 0.2) is 0 Å². The Balaban J connectivity index is 2.30. The zero-order valence-electron chi connectivity index (χ0n) is 12.5. The molecular formula is C13H26N4O2. The molecule has 0 aromatic carbocycles. The van der Waals surface area contributed by atoms with E-state index >= 15 is 0 Å². The number of amides is 2. The quantitative estimate of drug-likeness (QED) is 0.706. The maximum absolute atomic E-state index is 11.8. The third-order valence-corrected chi connectivity index (χ3v) is 2.93. The average Bonchev–Trinajstić information content (AvgIpc) is 2.27. The summed E-state index contributed by atoms with van der Waals surface area (Å²) in [6.45, 7) is 9.61. The van der Waals surface area contributed by atoms with Crippen LogP contribution in [0.4, 0.5) is 0 Å². The van der Waals surface area contributed by atoms with Crippen molar-refractivity contribution in [3.8, 4) is 0 Å². The molecule has 0 saturated carbocycles. The summed E-state index contributed by atoms with van der Waals surface area (Å²) in [7, 11) is 1.77. The largest absolute Gasteiger partial charge is 0.350 e. The summed E-state index contributed by atoms with van der Waals surface area (Å²) in [5, 5.41) is 5.81. The molecule has 1 aliphatic heterocycles. The molecule has 1 fully saturated rings. The number of piperazine rings is 1. The minimum absolute atomic E-state index is 0.0440. The number of nitrogens with one attached hydrogen (secondary N) is 2. The number of carbonyl (C=O) groups excluding carboxylic acids is 2. The predicted octanol–water partition coefficient (Wildman–Crippen LogP) is -0.735. The highest BCUT2D eigenvalue weighted by atomic mass is 16.2. The number of hydrogen-bond donors (Lipinski definition) is 2. The van der Waals surface area contributed by atoms with Gasteiger partial charge < -0.3 is 15.5 Å². The van der Waals surface area contributed by atoms with E-state index in [1.54, 1.807) is 7.05 Å². The van der Waals surface area contributed by atoms with Crippen molar-refractivity contribution in [1.82, 2.24) is 20.4 Å². The molecule has 1 saturated heterocycles. The van der Waals surface area contributed by atoms with Gasteiger partial charge >= 0.3 is 0 Å². The molecule has 0 radical (unpaired) electrons. The second-order valence-corrected chi connectivity index (χ2v) is 5.99. The molecule has 0 unspecified atom stereocenters. The van der Waals surface area contributed by atoms with E-state index in [1.165, 1.54) is 0 Å². The van der Waals surface area contributed by atoms with E-state index in [0.29, 0.717) is 26.2 Å². The highest BCUT2D eigenvalue weighted by Gasteiger charge is 2.23. The molecule has 0 aliphatic carbocycles. The molecule has 2 amide bonds. The molecule has 1 aliphatic rings. The van der Waals surface area contributed by atoms with E-state index in [2.05, 4.69) is 15.5 Å². The number of nitrogens with zero attached hydrogens (tertiary/aromatic N) is 2. The van der Waals surface area contributed by atoms with Crippen LogP contribution in [0.1, 0.15) is 20.8 Å². The van der Waals surface area contributed by atoms with Crippen LogP contribution in [0.25, 0.3) is 0 Å². The van der Waals surface area contributed by atoms with Crippen molar-refractivity contribution in [2.75, 3.05) is 46.3 Å². The first-order valence-corrected chi connectivity index (χ1v) is 6.77. The molecule has 0 spiro atoms. The Morgan fingerprint density at radius 3 is 2.16 bits per heavy atom. The molecule has 1 rings (SSSR count). The van der Waals surface area contributed by atoms with Crippen molar-refractivity contribution >= 4 is 11.8 Å². The minimum atomic E-state index is -0.193. The van der Waals surface area contributed by atoms with Gasteiger partial charge in [0.2, 0.25) is 11.8 Å². The van der Waals surface area contributed by atoms with Crippen molar-refractivity contribution in [2.24, 2.45) is 0 Å². The molecule has 1 heterocycles. The molecule has 0 aromatic heterocycles. The van der Waals surface area contributed by atoms with Crippen LogP contribution in [-0.4, -0.2) is 73.5 Å². The number of hydrogen-bond acceptors (Lipinski definition) is 4. The maximum Gasteiger partial charge on any atom is 0.236 e. The van der Waals surface area contributed by atoms with Crippen LogP contribution in [0.2, 0.25) is 0 Å². The SMILES string of the molecule is CNCC(=O)N1CCN(CC(=O)NC(C)(C)C)CC1. The first-order chi connectivity index (χ1) is 8.81. The van der Waals surface area contributed by atoms with E-state index in [-0.39, 0.29) is 17.4 Å². The van der Waals surface area contributed by atoms with Gasteiger partial charge in [0.05, 0.1) is 13.1 Å². The minimum Gasteiger partial charge on any atom is -0.350 e. The molecule has 2 N–H and O–H groups in total. The lowest BCUT2D eigenvalue weighted by Crippen LogP contribution is -2.53. The lowest BCUT2D eigenvalue weighted by molar-refractivity contribution is -0.132. The Labute approximate surface area is 115 Å². The first kappa shape index (κ1) is 15.9. The number of rotatable bonds is 4. The van der Waals surface area contributed by atoms with E-state index in [1.807, 2.05) is 25.7 Å². The summed E-state index contributed by atoms with van der Waals surface area (Å²) in [6.07, 6.45) is 0. The van der Waals surface area contributed by atoms with Gasteiger partial charge in [0.1, 0.15) is 0 Å². The van der Waals surface area contributed by atoms with Crippen LogP contribution < -0.4 is 10.6 Å². The summed E-state index contributed by atoms with van der Waals surface area (Å²) in [6, 6.07) is 0. The number of carbonyl (C=O) groups is 2. The molecule has 0 bridgehead atoms. The highest BCUT2D eigenvalue weighted by molar-refractivity contribution is 5.79. The lowest BCUT2D eigenvalue weighted by Gasteiger charge is -2.34. The van der Waals surface area contributed by atoms with Crippen LogP contribution in [-0.2, 0) is 9.59 Å². The molecular weight excluding hydrogens is 244 g/mol. The third kappa shape index (κ3) is 6.02. The monoisotopic (exact) mass is 270 g/mol. The van der Waals surface area contributed by atoms with Crippen LogP contribution in [0.15, 0.2) is 0 Å². The lowest BCUT2D eigenvalue weighted by atomic mass is 10.1. The van der Waals surface area contributed by atoms with Gasteiger partial charge in [-0.05, 0) is 27.8 Å². The zero-order valence-corrected chi connectivity index (χ0v) is 12.5. The van der Waals surface area contributed by atoms with Crippen LogP contribution in [0.5, 0.6) is 0 Å². The van der Waals surface area contributed by atoms with E-state index < -0.39 is 0 Å². The van der Waals surface area contributed by atoms with Gasteiger partial charge in [-0.25, -0.2) is 0 Å². The fraction of sp³-hybridized carbons (Fsp3) is 0.846. The van der Waals surface area contributed by atoms with Gasteiger partial charge in [-0.3, -0.25) is 14.5 Å². The maximum atomic E-state index is 11.8. The second kappa shape index (κ2) is 6.86. The van der Waals surface area contributed by atoms with Crippen molar-refractivity contribution in [3.63, 3.8) is 0 Å². The molecule has 19 heavy (non-hydrogen) atoms. The Morgan fingerprint density at radius 1 is 1.11 bits per heavy atom. The van der Waals surface area contributed by atoms with Gasteiger partial charge in [-0.2, -0.15) is 0 Å². The standard InChI is InChI=1S/C13H26N4O2/c1-13(2,3)15-11(18)10-16-5-7-17(8-6-16)12(19)9-14-4/h14H,5-10H2,1-4H3,(H,15,18). The molecule has 0 aromatic rings. The van der Waals surface area contributed by atoms with Crippen molar-refractivity contribution in [1.29, 1.82) is 0 Å². The summed E-state index contributed by atoms with van der Waals surface area (Å²) >= 11 is 0. The van der Waals surface area contributed by atoms with Crippen LogP contribution in [0.3, 0.4) is 0 Å². The fourth-order valence-corrected chi connectivity index (χ4v) is 2.08. The van der Waals surface area contributed by atoms with Crippen molar-refractivity contribution in [2.45, 2.75) is 26.3 Å². The van der Waals surface area contributed by atoms with Gasteiger partial charge in [-0.1, -0.05) is 0 Å². The van der Waals surface area contributed by atoms with E-state index in [4.69, 9.17) is 0 Å². The normalized spacial score (nSPS) is 17.4. The molecule has 6 nitrogen and oxygen atoms in total. The smallest absolute Gasteiger partial charge is 0.236 e. The van der Waals surface area contributed by atoms with Gasteiger partial charge in [-0.15, -0.1) is 0 Å². The molecule has 110 valence electrons. The van der Waals surface area contributed by atoms with Crippen molar-refractivity contribution in [3.05, 3.63) is 0 Å². The Bertz CT molecular complexity index is 317. The fourth-order valence-electron chi connectivity index (χ4n) is 2.08. The third-order valence-electron chi connectivity index (χ3n) is 2.93. The molecule has 0 atom stereocenters. The highest BCUT2D eigenvalue weighted by Crippen LogP contribution is 2.03. The van der Waals surface area contributed by atoms with Gasteiger partial charge in [0, 0.05) is 31.7 Å². The van der Waals surface area contributed by atoms with Crippen LogP contribution >= 0.6 is 0 Å². The average molecular weight is 270 g/mol. The summed E-state index contributed by atoms with van der Waals surface area (Å²) in [4.78, 5) is 27.4. The van der Waals surface area contributed by atoms with Crippen molar-refractivity contribution < 1.29 is 9.59 Å². The van der Waals surface area contributed by atoms with E-state index in [0.717, 1.165) is 13.1 Å². The van der Waals surface area contributed by atoms with Gasteiger partial charge in [0.25, 0.3) is 0 Å².